The molecule has 2 aromatic rings. The zero-order valence-corrected chi connectivity index (χ0v) is 13.2. The van der Waals surface area contributed by atoms with Gasteiger partial charge in [0.15, 0.2) is 5.75 Å². The third-order valence-electron chi connectivity index (χ3n) is 3.07. The monoisotopic (exact) mass is 331 g/mol. The molecule has 0 aromatic heterocycles. The van der Waals surface area contributed by atoms with Gasteiger partial charge in [-0.3, -0.25) is 15.5 Å². The minimum Gasteiger partial charge on any atom is -0.500 e. The number of hydrazone groups is 1. The van der Waals surface area contributed by atoms with E-state index in [9.17, 15) is 15.2 Å². The third-order valence-corrected chi connectivity index (χ3v) is 3.07. The van der Waals surface area contributed by atoms with Crippen LogP contribution in [-0.4, -0.2) is 30.0 Å². The molecule has 126 valence electrons. The normalized spacial score (nSPS) is 10.6. The maximum atomic E-state index is 11.0. The molecule has 0 radical (unpaired) electrons. The number of rotatable bonds is 7. The highest BCUT2D eigenvalue weighted by Crippen LogP contribution is 2.36. The molecule has 8 heteroatoms. The van der Waals surface area contributed by atoms with Crippen molar-refractivity contribution in [3.05, 3.63) is 52.1 Å². The van der Waals surface area contributed by atoms with Crippen LogP contribution in [0.4, 0.5) is 11.4 Å². The third kappa shape index (κ3) is 4.13. The van der Waals surface area contributed by atoms with Gasteiger partial charge < -0.3 is 14.6 Å². The van der Waals surface area contributed by atoms with Crippen LogP contribution in [0.3, 0.4) is 0 Å². The van der Waals surface area contributed by atoms with E-state index in [0.29, 0.717) is 5.56 Å². The Morgan fingerprint density at radius 1 is 1.33 bits per heavy atom. The van der Waals surface area contributed by atoms with Gasteiger partial charge in [-0.2, -0.15) is 5.10 Å². The number of nitrogens with zero attached hydrogens (tertiary/aromatic N) is 2. The molecule has 0 heterocycles. The van der Waals surface area contributed by atoms with E-state index in [-0.39, 0.29) is 12.4 Å². The summed E-state index contributed by atoms with van der Waals surface area (Å²) in [5.41, 5.74) is 3.51. The fraction of sp³-hybridized carbons (Fsp3) is 0.188. The Bertz CT molecular complexity index is 744. The number of hydrogen-bond donors (Lipinski definition) is 2. The first-order chi connectivity index (χ1) is 11.5. The second-order valence-corrected chi connectivity index (χ2v) is 4.68. The van der Waals surface area contributed by atoms with Gasteiger partial charge in [0.1, 0.15) is 5.75 Å². The van der Waals surface area contributed by atoms with Crippen molar-refractivity contribution in [2.24, 2.45) is 5.10 Å². The number of phenols is 1. The van der Waals surface area contributed by atoms with Crippen molar-refractivity contribution in [1.29, 1.82) is 0 Å². The molecule has 8 nitrogen and oxygen atoms in total. The molecule has 0 saturated heterocycles. The van der Waals surface area contributed by atoms with Gasteiger partial charge in [-0.25, -0.2) is 0 Å². The van der Waals surface area contributed by atoms with Gasteiger partial charge in [-0.15, -0.1) is 0 Å². The predicted molar refractivity (Wildman–Crippen MR) is 90.1 cm³/mol. The van der Waals surface area contributed by atoms with Gasteiger partial charge in [0.25, 0.3) is 0 Å². The largest absolute Gasteiger partial charge is 0.500 e. The quantitative estimate of drug-likeness (QED) is 0.458. The highest BCUT2D eigenvalue weighted by atomic mass is 16.6. The van der Waals surface area contributed by atoms with Crippen LogP contribution in [0, 0.1) is 10.1 Å². The topological polar surface area (TPSA) is 106 Å². The van der Waals surface area contributed by atoms with Crippen molar-refractivity contribution < 1.29 is 19.5 Å². The number of nitrogens with one attached hydrogen (secondary N) is 1. The first-order valence-electron chi connectivity index (χ1n) is 7.12. The van der Waals surface area contributed by atoms with Crippen molar-refractivity contribution in [2.45, 2.75) is 6.92 Å². The number of ether oxygens (including phenoxy) is 2. The summed E-state index contributed by atoms with van der Waals surface area (Å²) in [6.45, 7) is 1.99. The Morgan fingerprint density at radius 3 is 2.62 bits per heavy atom. The van der Waals surface area contributed by atoms with E-state index in [0.717, 1.165) is 11.4 Å². The Morgan fingerprint density at radius 2 is 2.04 bits per heavy atom. The fourth-order valence-corrected chi connectivity index (χ4v) is 1.94. The first kappa shape index (κ1) is 17.1. The van der Waals surface area contributed by atoms with Gasteiger partial charge in [-0.05, 0) is 37.3 Å². The van der Waals surface area contributed by atoms with Gasteiger partial charge in [0.05, 0.1) is 30.5 Å². The number of phenolic OH excluding ortho intramolecular Hbond substituents is 1. The molecule has 0 atom stereocenters. The standard InChI is InChI=1S/C16H17N3O5/c1-3-24-15-9-11(8-14(16(15)20)19(21)22)10-17-18-12-4-6-13(23-2)7-5-12/h4-10,18,20H,3H2,1-2H3/b17-10+. The van der Waals surface area contributed by atoms with E-state index in [1.165, 1.54) is 18.3 Å². The van der Waals surface area contributed by atoms with E-state index < -0.39 is 16.4 Å². The smallest absolute Gasteiger partial charge is 0.315 e. The summed E-state index contributed by atoms with van der Waals surface area (Å²) in [7, 11) is 1.58. The Labute approximate surface area is 138 Å². The Balaban J connectivity index is 2.19. The highest BCUT2D eigenvalue weighted by molar-refractivity contribution is 5.83. The molecule has 0 aliphatic heterocycles. The average molecular weight is 331 g/mol. The van der Waals surface area contributed by atoms with E-state index in [1.54, 1.807) is 38.3 Å². The van der Waals surface area contributed by atoms with Crippen molar-refractivity contribution in [1.82, 2.24) is 0 Å². The molecule has 0 aliphatic rings. The lowest BCUT2D eigenvalue weighted by Gasteiger charge is -2.07. The number of anilines is 1. The molecule has 0 unspecified atom stereocenters. The lowest BCUT2D eigenvalue weighted by atomic mass is 10.2. The van der Waals surface area contributed by atoms with E-state index >= 15 is 0 Å². The van der Waals surface area contributed by atoms with Crippen LogP contribution >= 0.6 is 0 Å². The van der Waals surface area contributed by atoms with Crippen LogP contribution in [-0.2, 0) is 0 Å². The summed E-state index contributed by atoms with van der Waals surface area (Å²) in [6, 6.07) is 9.80. The van der Waals surface area contributed by atoms with Crippen LogP contribution in [0.2, 0.25) is 0 Å². The summed E-state index contributed by atoms with van der Waals surface area (Å²) in [4.78, 5) is 10.3. The molecule has 0 amide bonds. The van der Waals surface area contributed by atoms with Crippen molar-refractivity contribution in [2.75, 3.05) is 19.1 Å². The molecule has 24 heavy (non-hydrogen) atoms. The summed E-state index contributed by atoms with van der Waals surface area (Å²) in [5.74, 6) is 0.264. The molecule has 2 N–H and O–H groups in total. The SMILES string of the molecule is CCOc1cc(/C=N/Nc2ccc(OC)cc2)cc([N+](=O)[O-])c1O. The van der Waals surface area contributed by atoms with Crippen LogP contribution in [0.25, 0.3) is 0 Å². The molecular formula is C16H17N3O5. The minimum atomic E-state index is -0.675. The summed E-state index contributed by atoms with van der Waals surface area (Å²) in [6.07, 6.45) is 1.40. The second-order valence-electron chi connectivity index (χ2n) is 4.68. The molecule has 0 fully saturated rings. The van der Waals surface area contributed by atoms with E-state index in [4.69, 9.17) is 9.47 Å². The Kier molecular flexibility index (Phi) is 5.56. The minimum absolute atomic E-state index is 0.0394. The van der Waals surface area contributed by atoms with Crippen LogP contribution < -0.4 is 14.9 Å². The fourth-order valence-electron chi connectivity index (χ4n) is 1.94. The summed E-state index contributed by atoms with van der Waals surface area (Å²) in [5, 5.41) is 24.9. The number of aromatic hydroxyl groups is 1. The van der Waals surface area contributed by atoms with Gasteiger partial charge in [0, 0.05) is 11.6 Å². The van der Waals surface area contributed by atoms with Crippen molar-refractivity contribution in [3.8, 4) is 17.2 Å². The molecule has 2 rings (SSSR count). The average Bonchev–Trinajstić information content (AvgIpc) is 2.58. The molecule has 0 saturated carbocycles. The first-order valence-corrected chi connectivity index (χ1v) is 7.12. The zero-order chi connectivity index (χ0) is 17.5. The molecular weight excluding hydrogens is 314 g/mol. The number of benzene rings is 2. The number of nitro groups is 1. The van der Waals surface area contributed by atoms with Crippen LogP contribution in [0.1, 0.15) is 12.5 Å². The van der Waals surface area contributed by atoms with Gasteiger partial charge in [0.2, 0.25) is 5.75 Å². The van der Waals surface area contributed by atoms with Crippen LogP contribution in [0.5, 0.6) is 17.2 Å². The van der Waals surface area contributed by atoms with E-state index in [1.807, 2.05) is 0 Å². The zero-order valence-electron chi connectivity index (χ0n) is 13.2. The maximum absolute atomic E-state index is 11.0. The van der Waals surface area contributed by atoms with Crippen LogP contribution in [0.15, 0.2) is 41.5 Å². The maximum Gasteiger partial charge on any atom is 0.315 e. The number of nitro benzene ring substituents is 1. The highest BCUT2D eigenvalue weighted by Gasteiger charge is 2.19. The van der Waals surface area contributed by atoms with Crippen molar-refractivity contribution in [3.63, 3.8) is 0 Å². The second kappa shape index (κ2) is 7.82. The number of hydrogen-bond acceptors (Lipinski definition) is 7. The lowest BCUT2D eigenvalue weighted by molar-refractivity contribution is -0.386. The molecule has 2 aromatic carbocycles. The molecule has 0 aliphatic carbocycles. The summed E-state index contributed by atoms with van der Waals surface area (Å²) >= 11 is 0. The van der Waals surface area contributed by atoms with Gasteiger partial charge in [-0.1, -0.05) is 0 Å². The predicted octanol–water partition coefficient (Wildman–Crippen LogP) is 3.15. The van der Waals surface area contributed by atoms with E-state index in [2.05, 4.69) is 10.5 Å². The molecule has 0 bridgehead atoms. The lowest BCUT2D eigenvalue weighted by Crippen LogP contribution is -1.98. The molecule has 0 spiro atoms. The summed E-state index contributed by atoms with van der Waals surface area (Å²) < 4.78 is 10.3. The van der Waals surface area contributed by atoms with Gasteiger partial charge >= 0.3 is 5.69 Å². The Hall–Kier alpha value is -3.29. The number of methoxy groups -OCH3 is 1. The van der Waals surface area contributed by atoms with Crippen molar-refractivity contribution >= 4 is 17.6 Å².